The molecule has 0 saturated heterocycles. The third kappa shape index (κ3) is 1.53. The first-order valence-corrected chi connectivity index (χ1v) is 6.77. The number of fused-ring (bicyclic) bond motifs is 5. The van der Waals surface area contributed by atoms with E-state index in [1.165, 1.54) is 0 Å². The first kappa shape index (κ1) is 12.0. The predicted octanol–water partition coefficient (Wildman–Crippen LogP) is 2.95. The third-order valence-electron chi connectivity index (χ3n) is 4.03. The van der Waals surface area contributed by atoms with Gasteiger partial charge in [0.1, 0.15) is 5.75 Å². The van der Waals surface area contributed by atoms with E-state index in [0.717, 1.165) is 33.1 Å². The van der Waals surface area contributed by atoms with Crippen molar-refractivity contribution < 1.29 is 4.74 Å². The molecule has 0 spiro atoms. The van der Waals surface area contributed by atoms with E-state index in [1.54, 1.807) is 23.1 Å². The van der Waals surface area contributed by atoms with E-state index in [2.05, 4.69) is 6.07 Å². The molecule has 21 heavy (non-hydrogen) atoms. The fourth-order valence-corrected chi connectivity index (χ4v) is 2.95. The van der Waals surface area contributed by atoms with Crippen molar-refractivity contribution in [3.63, 3.8) is 0 Å². The summed E-state index contributed by atoms with van der Waals surface area (Å²) in [6.07, 6.45) is 0. The third-order valence-corrected chi connectivity index (χ3v) is 4.03. The Morgan fingerprint density at radius 3 is 2.57 bits per heavy atom. The molecule has 0 fully saturated rings. The lowest BCUT2D eigenvalue weighted by Crippen LogP contribution is -2.24. The van der Waals surface area contributed by atoms with E-state index in [4.69, 9.17) is 4.74 Å². The number of para-hydroxylation sites is 1. The Kier molecular flexibility index (Phi) is 2.36. The molecule has 2 heterocycles. The Morgan fingerprint density at radius 2 is 1.76 bits per heavy atom. The summed E-state index contributed by atoms with van der Waals surface area (Å²) in [6, 6.07) is 15.7. The number of aryl methyl sites for hydroxylation is 1. The van der Waals surface area contributed by atoms with Crippen molar-refractivity contribution in [3.05, 3.63) is 59.0 Å². The maximum absolute atomic E-state index is 12.7. The molecule has 0 aliphatic rings. The van der Waals surface area contributed by atoms with Crippen LogP contribution in [0.4, 0.5) is 0 Å². The molecule has 104 valence electrons. The molecule has 4 rings (SSSR count). The van der Waals surface area contributed by atoms with Gasteiger partial charge in [0.2, 0.25) is 0 Å². The van der Waals surface area contributed by atoms with Crippen molar-refractivity contribution in [1.29, 1.82) is 0 Å². The summed E-state index contributed by atoms with van der Waals surface area (Å²) in [5, 5.41) is 2.07. The summed E-state index contributed by atoms with van der Waals surface area (Å²) in [6.45, 7) is 0. The van der Waals surface area contributed by atoms with E-state index in [1.807, 2.05) is 42.5 Å². The number of rotatable bonds is 1. The highest BCUT2D eigenvalue weighted by molar-refractivity contribution is 6.01. The molecule has 0 aliphatic heterocycles. The van der Waals surface area contributed by atoms with Crippen molar-refractivity contribution in [2.75, 3.05) is 7.11 Å². The number of aromatic nitrogens is 2. The Balaban J connectivity index is 2.35. The van der Waals surface area contributed by atoms with Gasteiger partial charge in [0.25, 0.3) is 0 Å². The van der Waals surface area contributed by atoms with Crippen molar-refractivity contribution >= 4 is 27.3 Å². The molecule has 0 radical (unpaired) electrons. The van der Waals surface area contributed by atoms with Gasteiger partial charge in [0.15, 0.2) is 0 Å². The molecule has 0 bridgehead atoms. The van der Waals surface area contributed by atoms with Gasteiger partial charge in [-0.1, -0.05) is 18.2 Å². The molecule has 4 aromatic rings. The second-order valence-corrected chi connectivity index (χ2v) is 5.15. The lowest BCUT2D eigenvalue weighted by molar-refractivity contribution is 0.415. The molecule has 2 aromatic heterocycles. The van der Waals surface area contributed by atoms with Crippen LogP contribution in [0.2, 0.25) is 0 Å². The molecule has 4 nitrogen and oxygen atoms in total. The summed E-state index contributed by atoms with van der Waals surface area (Å²) in [5.74, 6) is 0.785. The van der Waals surface area contributed by atoms with Gasteiger partial charge >= 0.3 is 5.69 Å². The molecule has 0 N–H and O–H groups in total. The summed E-state index contributed by atoms with van der Waals surface area (Å²) in [4.78, 5) is 12.7. The van der Waals surface area contributed by atoms with Crippen LogP contribution in [0.1, 0.15) is 0 Å². The maximum Gasteiger partial charge on any atom is 0.333 e. The number of nitrogens with zero attached hydrogens (tertiary/aromatic N) is 2. The van der Waals surface area contributed by atoms with Crippen molar-refractivity contribution in [3.8, 4) is 5.75 Å². The molecule has 0 saturated carbocycles. The van der Waals surface area contributed by atoms with Crippen molar-refractivity contribution in [2.45, 2.75) is 0 Å². The summed E-state index contributed by atoms with van der Waals surface area (Å²) >= 11 is 0. The zero-order valence-corrected chi connectivity index (χ0v) is 11.8. The van der Waals surface area contributed by atoms with E-state index < -0.39 is 0 Å². The van der Waals surface area contributed by atoms with Crippen LogP contribution in [0.5, 0.6) is 5.75 Å². The highest BCUT2D eigenvalue weighted by Gasteiger charge is 2.12. The van der Waals surface area contributed by atoms with Crippen LogP contribution >= 0.6 is 0 Å². The van der Waals surface area contributed by atoms with Gasteiger partial charge in [0.05, 0.1) is 23.7 Å². The molecule has 2 aromatic carbocycles. The molecular weight excluding hydrogens is 264 g/mol. The highest BCUT2D eigenvalue weighted by atomic mass is 16.5. The average Bonchev–Trinajstić information content (AvgIpc) is 2.91. The Bertz CT molecular complexity index is 1060. The summed E-state index contributed by atoms with van der Waals surface area (Å²) < 4.78 is 8.75. The fourth-order valence-electron chi connectivity index (χ4n) is 2.95. The van der Waals surface area contributed by atoms with E-state index in [-0.39, 0.29) is 5.69 Å². The Hall–Kier alpha value is -2.75. The largest absolute Gasteiger partial charge is 0.497 e. The highest BCUT2D eigenvalue weighted by Crippen LogP contribution is 2.27. The first-order valence-electron chi connectivity index (χ1n) is 6.77. The first-order chi connectivity index (χ1) is 10.2. The number of ether oxygens (including phenoxy) is 1. The predicted molar refractivity (Wildman–Crippen MR) is 84.2 cm³/mol. The van der Waals surface area contributed by atoms with Crippen LogP contribution < -0.4 is 10.4 Å². The normalized spacial score (nSPS) is 11.5. The topological polar surface area (TPSA) is 35.6 Å². The maximum atomic E-state index is 12.7. The standard InChI is InChI=1S/C17H14N2O2/c1-18-15-8-7-12(21-2)10-13(15)16-9-11-5-3-4-6-14(11)19(16)17(18)20/h3-10H,1-2H3. The lowest BCUT2D eigenvalue weighted by atomic mass is 10.2. The van der Waals surface area contributed by atoms with Crippen LogP contribution in [-0.4, -0.2) is 16.1 Å². The molecule has 0 amide bonds. The number of methoxy groups -OCH3 is 1. The minimum Gasteiger partial charge on any atom is -0.497 e. The second kappa shape index (κ2) is 4.12. The zero-order chi connectivity index (χ0) is 14.6. The fraction of sp³-hybridized carbons (Fsp3) is 0.118. The van der Waals surface area contributed by atoms with Crippen LogP contribution in [0.3, 0.4) is 0 Å². The minimum absolute atomic E-state index is 0.0381. The smallest absolute Gasteiger partial charge is 0.333 e. The average molecular weight is 278 g/mol. The number of benzene rings is 2. The molecule has 0 atom stereocenters. The SMILES string of the molecule is COc1ccc2c(c1)c1cc3ccccc3n1c(=O)n2C. The minimum atomic E-state index is -0.0381. The number of hydrogen-bond donors (Lipinski definition) is 0. The Morgan fingerprint density at radius 1 is 0.952 bits per heavy atom. The van der Waals surface area contributed by atoms with Crippen molar-refractivity contribution in [1.82, 2.24) is 8.97 Å². The second-order valence-electron chi connectivity index (χ2n) is 5.15. The van der Waals surface area contributed by atoms with Gasteiger partial charge in [-0.25, -0.2) is 4.79 Å². The van der Waals surface area contributed by atoms with Gasteiger partial charge in [-0.05, 0) is 30.3 Å². The zero-order valence-electron chi connectivity index (χ0n) is 11.8. The van der Waals surface area contributed by atoms with Crippen LogP contribution in [0, 0.1) is 0 Å². The summed E-state index contributed by atoms with van der Waals surface area (Å²) in [5.41, 5.74) is 2.70. The molecular formula is C17H14N2O2. The summed E-state index contributed by atoms with van der Waals surface area (Å²) in [7, 11) is 3.44. The molecule has 0 unspecified atom stereocenters. The van der Waals surface area contributed by atoms with E-state index in [0.29, 0.717) is 0 Å². The van der Waals surface area contributed by atoms with Crippen LogP contribution in [0.15, 0.2) is 53.3 Å². The Labute approximate surface area is 120 Å². The quantitative estimate of drug-likeness (QED) is 0.536. The van der Waals surface area contributed by atoms with Gasteiger partial charge in [0, 0.05) is 17.8 Å². The van der Waals surface area contributed by atoms with Crippen molar-refractivity contribution in [2.24, 2.45) is 7.05 Å². The molecule has 0 aliphatic carbocycles. The molecule has 4 heteroatoms. The van der Waals surface area contributed by atoms with Crippen LogP contribution in [-0.2, 0) is 7.05 Å². The van der Waals surface area contributed by atoms with E-state index >= 15 is 0 Å². The van der Waals surface area contributed by atoms with E-state index in [9.17, 15) is 4.79 Å². The van der Waals surface area contributed by atoms with Gasteiger partial charge in [-0.2, -0.15) is 0 Å². The lowest BCUT2D eigenvalue weighted by Gasteiger charge is -2.09. The van der Waals surface area contributed by atoms with Gasteiger partial charge in [-0.15, -0.1) is 0 Å². The van der Waals surface area contributed by atoms with Gasteiger partial charge < -0.3 is 4.74 Å². The van der Waals surface area contributed by atoms with Crippen LogP contribution in [0.25, 0.3) is 27.3 Å². The number of hydrogen-bond acceptors (Lipinski definition) is 2. The monoisotopic (exact) mass is 278 g/mol. The van der Waals surface area contributed by atoms with Gasteiger partial charge in [-0.3, -0.25) is 8.97 Å².